The van der Waals surface area contributed by atoms with Gasteiger partial charge in [-0.15, -0.1) is 0 Å². The molecule has 2 atom stereocenters. The first-order valence-corrected chi connectivity index (χ1v) is 8.91. The third kappa shape index (κ3) is 4.08. The van der Waals surface area contributed by atoms with Gasteiger partial charge in [0, 0.05) is 32.0 Å². The Hall–Kier alpha value is -1.76. The van der Waals surface area contributed by atoms with Crippen LogP contribution in [0.15, 0.2) is 42.7 Å². The van der Waals surface area contributed by atoms with E-state index < -0.39 is 0 Å². The van der Waals surface area contributed by atoms with Crippen LogP contribution in [0.1, 0.15) is 18.4 Å². The van der Waals surface area contributed by atoms with Crippen LogP contribution in [0.4, 0.5) is 4.39 Å². The van der Waals surface area contributed by atoms with E-state index in [1.165, 1.54) is 6.07 Å². The Kier molecular flexibility index (Phi) is 4.83. The molecular weight excluding hydrogens is 321 g/mol. The van der Waals surface area contributed by atoms with Crippen molar-refractivity contribution in [3.63, 3.8) is 0 Å². The van der Waals surface area contributed by atoms with E-state index in [0.29, 0.717) is 13.2 Å². The standard InChI is InChI=1S/C19H24FN3O2/c20-17-4-1-3-16(11-17)12-22-9-10-24-15-19(14-22)6-5-18(25-19)13-23-8-2-7-21-23/h1-4,7-8,11,18H,5-6,9-10,12-15H2. The number of hydrogen-bond acceptors (Lipinski definition) is 4. The van der Waals surface area contributed by atoms with Gasteiger partial charge in [0.15, 0.2) is 0 Å². The van der Waals surface area contributed by atoms with E-state index in [-0.39, 0.29) is 17.5 Å². The number of rotatable bonds is 4. The van der Waals surface area contributed by atoms with Crippen LogP contribution in [0.25, 0.3) is 0 Å². The van der Waals surface area contributed by atoms with Crippen LogP contribution in [0.3, 0.4) is 0 Å². The lowest BCUT2D eigenvalue weighted by Crippen LogP contribution is -2.44. The van der Waals surface area contributed by atoms with Crippen molar-refractivity contribution in [3.8, 4) is 0 Å². The predicted octanol–water partition coefficient (Wildman–Crippen LogP) is 2.47. The van der Waals surface area contributed by atoms with E-state index in [1.54, 1.807) is 18.3 Å². The predicted molar refractivity (Wildman–Crippen MR) is 91.6 cm³/mol. The Morgan fingerprint density at radius 3 is 3.12 bits per heavy atom. The Morgan fingerprint density at radius 1 is 1.32 bits per heavy atom. The van der Waals surface area contributed by atoms with E-state index in [0.717, 1.165) is 44.6 Å². The van der Waals surface area contributed by atoms with E-state index in [1.807, 2.05) is 23.0 Å². The molecule has 0 amide bonds. The summed E-state index contributed by atoms with van der Waals surface area (Å²) in [4.78, 5) is 2.32. The molecule has 4 rings (SSSR count). The molecule has 2 saturated heterocycles. The van der Waals surface area contributed by atoms with E-state index >= 15 is 0 Å². The molecule has 0 radical (unpaired) electrons. The normalized spacial score (nSPS) is 27.6. The lowest BCUT2D eigenvalue weighted by Gasteiger charge is -2.32. The largest absolute Gasteiger partial charge is 0.377 e. The molecule has 0 N–H and O–H groups in total. The highest BCUT2D eigenvalue weighted by Crippen LogP contribution is 2.34. The van der Waals surface area contributed by atoms with Crippen LogP contribution in [0.2, 0.25) is 0 Å². The molecular formula is C19H24FN3O2. The minimum Gasteiger partial charge on any atom is -0.377 e. The number of nitrogens with zero attached hydrogens (tertiary/aromatic N) is 3. The molecule has 2 fully saturated rings. The van der Waals surface area contributed by atoms with Crippen LogP contribution in [0, 0.1) is 5.82 Å². The van der Waals surface area contributed by atoms with E-state index in [2.05, 4.69) is 10.00 Å². The van der Waals surface area contributed by atoms with Gasteiger partial charge in [-0.05, 0) is 36.6 Å². The Balaban J connectivity index is 1.41. The molecule has 2 aliphatic rings. The third-order valence-electron chi connectivity index (χ3n) is 5.01. The van der Waals surface area contributed by atoms with Gasteiger partial charge in [0.1, 0.15) is 11.4 Å². The van der Waals surface area contributed by atoms with Gasteiger partial charge < -0.3 is 9.47 Å². The SMILES string of the molecule is Fc1cccc(CN2CCOCC3(CCC(Cn4cccn4)O3)C2)c1. The first kappa shape index (κ1) is 16.7. The molecule has 3 heterocycles. The van der Waals surface area contributed by atoms with Gasteiger partial charge in [-0.1, -0.05) is 12.1 Å². The van der Waals surface area contributed by atoms with E-state index in [4.69, 9.17) is 9.47 Å². The highest BCUT2D eigenvalue weighted by Gasteiger charge is 2.43. The van der Waals surface area contributed by atoms with Gasteiger partial charge in [-0.2, -0.15) is 5.10 Å². The molecule has 6 heteroatoms. The van der Waals surface area contributed by atoms with Crippen LogP contribution in [-0.4, -0.2) is 52.7 Å². The summed E-state index contributed by atoms with van der Waals surface area (Å²) in [5.41, 5.74) is 0.727. The second-order valence-electron chi connectivity index (χ2n) is 7.08. The minimum absolute atomic E-state index is 0.164. The van der Waals surface area contributed by atoms with E-state index in [9.17, 15) is 4.39 Å². The van der Waals surface area contributed by atoms with Gasteiger partial charge in [0.05, 0.1) is 25.9 Å². The summed E-state index contributed by atoms with van der Waals surface area (Å²) in [7, 11) is 0. The molecule has 2 aromatic rings. The summed E-state index contributed by atoms with van der Waals surface area (Å²) >= 11 is 0. The summed E-state index contributed by atoms with van der Waals surface area (Å²) in [5.74, 6) is -0.185. The van der Waals surface area contributed by atoms with Crippen molar-refractivity contribution in [3.05, 3.63) is 54.1 Å². The highest BCUT2D eigenvalue weighted by molar-refractivity contribution is 5.16. The maximum Gasteiger partial charge on any atom is 0.123 e. The van der Waals surface area contributed by atoms with Gasteiger partial charge in [-0.25, -0.2) is 4.39 Å². The molecule has 1 aromatic carbocycles. The fourth-order valence-electron chi connectivity index (χ4n) is 3.88. The second kappa shape index (κ2) is 7.23. The number of ether oxygens (including phenoxy) is 2. The first-order chi connectivity index (χ1) is 12.2. The summed E-state index contributed by atoms with van der Waals surface area (Å²) < 4.78 is 27.7. The molecule has 2 unspecified atom stereocenters. The summed E-state index contributed by atoms with van der Waals surface area (Å²) in [6.07, 6.45) is 5.92. The maximum atomic E-state index is 13.5. The maximum absolute atomic E-state index is 13.5. The van der Waals surface area contributed by atoms with Crippen LogP contribution in [-0.2, 0) is 22.6 Å². The number of hydrogen-bond donors (Lipinski definition) is 0. The van der Waals surface area contributed by atoms with Gasteiger partial charge >= 0.3 is 0 Å². The van der Waals surface area contributed by atoms with Gasteiger partial charge in [-0.3, -0.25) is 9.58 Å². The molecule has 0 saturated carbocycles. The monoisotopic (exact) mass is 345 g/mol. The van der Waals surface area contributed by atoms with Crippen LogP contribution >= 0.6 is 0 Å². The first-order valence-electron chi connectivity index (χ1n) is 8.91. The molecule has 0 bridgehead atoms. The van der Waals surface area contributed by atoms with Gasteiger partial charge in [0.25, 0.3) is 0 Å². The lowest BCUT2D eigenvalue weighted by atomic mass is 10.00. The molecule has 0 aliphatic carbocycles. The average molecular weight is 345 g/mol. The van der Waals surface area contributed by atoms with Crippen molar-refractivity contribution in [2.24, 2.45) is 0 Å². The molecule has 134 valence electrons. The van der Waals surface area contributed by atoms with Crippen molar-refractivity contribution >= 4 is 0 Å². The Labute approximate surface area is 147 Å². The van der Waals surface area contributed by atoms with Crippen LogP contribution < -0.4 is 0 Å². The average Bonchev–Trinajstić information content (AvgIpc) is 3.18. The molecule has 1 spiro atoms. The molecule has 25 heavy (non-hydrogen) atoms. The Bertz CT molecular complexity index is 694. The zero-order valence-corrected chi connectivity index (χ0v) is 14.3. The van der Waals surface area contributed by atoms with Crippen molar-refractivity contribution in [2.45, 2.75) is 37.6 Å². The second-order valence-corrected chi connectivity index (χ2v) is 7.08. The molecule has 1 aromatic heterocycles. The zero-order valence-electron chi connectivity index (χ0n) is 14.3. The molecule has 2 aliphatic heterocycles. The lowest BCUT2D eigenvalue weighted by molar-refractivity contribution is -0.0904. The fraction of sp³-hybridized carbons (Fsp3) is 0.526. The zero-order chi connectivity index (χ0) is 17.1. The third-order valence-corrected chi connectivity index (χ3v) is 5.01. The van der Waals surface area contributed by atoms with Crippen molar-refractivity contribution in [1.82, 2.24) is 14.7 Å². The summed E-state index contributed by atoms with van der Waals surface area (Å²) in [6.45, 7) is 4.46. The van der Waals surface area contributed by atoms with Gasteiger partial charge in [0.2, 0.25) is 0 Å². The smallest absolute Gasteiger partial charge is 0.123 e. The topological polar surface area (TPSA) is 39.5 Å². The number of aromatic nitrogens is 2. The number of halogens is 1. The van der Waals surface area contributed by atoms with Crippen molar-refractivity contribution in [2.75, 3.05) is 26.3 Å². The van der Waals surface area contributed by atoms with Crippen LogP contribution in [0.5, 0.6) is 0 Å². The highest BCUT2D eigenvalue weighted by atomic mass is 19.1. The quantitative estimate of drug-likeness (QED) is 0.853. The molecule has 5 nitrogen and oxygen atoms in total. The van der Waals surface area contributed by atoms with Crippen molar-refractivity contribution in [1.29, 1.82) is 0 Å². The van der Waals surface area contributed by atoms with Crippen molar-refractivity contribution < 1.29 is 13.9 Å². The summed E-state index contributed by atoms with van der Waals surface area (Å²) in [6, 6.07) is 8.75. The Morgan fingerprint density at radius 2 is 2.28 bits per heavy atom. The fourth-order valence-corrected chi connectivity index (χ4v) is 3.88. The number of benzene rings is 1. The minimum atomic E-state index is -0.262. The summed E-state index contributed by atoms with van der Waals surface area (Å²) in [5, 5.41) is 4.27.